The molecule has 1 aromatic rings. The highest BCUT2D eigenvalue weighted by atomic mass is 35.5. The van der Waals surface area contributed by atoms with Gasteiger partial charge in [-0.05, 0) is 14.0 Å². The minimum absolute atomic E-state index is 0. The monoisotopic (exact) mass is 327 g/mol. The topological polar surface area (TPSA) is 61.4 Å². The van der Waals surface area contributed by atoms with Crippen LogP contribution in [-0.2, 0) is 4.79 Å². The van der Waals surface area contributed by atoms with Gasteiger partial charge >= 0.3 is 0 Å². The van der Waals surface area contributed by atoms with E-state index in [9.17, 15) is 4.79 Å². The molecule has 0 aliphatic carbocycles. The summed E-state index contributed by atoms with van der Waals surface area (Å²) in [5.41, 5.74) is 0.998. The first-order valence-electron chi connectivity index (χ1n) is 7.54. The van der Waals surface area contributed by atoms with Gasteiger partial charge in [0.25, 0.3) is 0 Å². The van der Waals surface area contributed by atoms with Crippen molar-refractivity contribution in [1.29, 1.82) is 0 Å². The molecule has 2 rings (SSSR count). The average molecular weight is 328 g/mol. The summed E-state index contributed by atoms with van der Waals surface area (Å²) < 4.78 is 0. The van der Waals surface area contributed by atoms with Crippen molar-refractivity contribution in [3.05, 3.63) is 17.6 Å². The molecule has 0 saturated carbocycles. The zero-order valence-electron chi connectivity index (χ0n) is 13.8. The van der Waals surface area contributed by atoms with Crippen molar-refractivity contribution in [2.24, 2.45) is 0 Å². The molecule has 6 nitrogen and oxygen atoms in total. The van der Waals surface area contributed by atoms with Crippen molar-refractivity contribution in [2.45, 2.75) is 26.7 Å². The number of nitrogens with one attached hydrogen (secondary N) is 1. The SMILES string of the molecule is CNCC(=O)N1CCN(c2cc(C)nc(C(C)C)n2)CC1.Cl. The second kappa shape index (κ2) is 8.29. The van der Waals surface area contributed by atoms with E-state index in [2.05, 4.69) is 34.0 Å². The molecule has 2 heterocycles. The standard InChI is InChI=1S/C15H25N5O.ClH/c1-11(2)15-17-12(3)9-13(18-15)19-5-7-20(8-6-19)14(21)10-16-4;/h9,11,16H,5-8,10H2,1-4H3;1H. The molecule has 1 amide bonds. The van der Waals surface area contributed by atoms with Crippen LogP contribution in [0.4, 0.5) is 5.82 Å². The van der Waals surface area contributed by atoms with E-state index < -0.39 is 0 Å². The minimum Gasteiger partial charge on any atom is -0.353 e. The quantitative estimate of drug-likeness (QED) is 0.900. The molecule has 0 aromatic carbocycles. The summed E-state index contributed by atoms with van der Waals surface area (Å²) >= 11 is 0. The predicted octanol–water partition coefficient (Wildman–Crippen LogP) is 1.20. The van der Waals surface area contributed by atoms with Crippen molar-refractivity contribution < 1.29 is 4.79 Å². The van der Waals surface area contributed by atoms with Gasteiger partial charge in [0.1, 0.15) is 11.6 Å². The highest BCUT2D eigenvalue weighted by Crippen LogP contribution is 2.18. The number of likely N-dealkylation sites (N-methyl/N-ethyl adjacent to an activating group) is 1. The number of piperazine rings is 1. The van der Waals surface area contributed by atoms with E-state index >= 15 is 0 Å². The molecule has 0 radical (unpaired) electrons. The molecule has 1 saturated heterocycles. The van der Waals surface area contributed by atoms with Crippen LogP contribution in [0.1, 0.15) is 31.3 Å². The molecule has 1 N–H and O–H groups in total. The van der Waals surface area contributed by atoms with E-state index in [-0.39, 0.29) is 18.3 Å². The number of rotatable bonds is 4. The summed E-state index contributed by atoms with van der Waals surface area (Å²) in [4.78, 5) is 25.2. The Labute approximate surface area is 138 Å². The van der Waals surface area contributed by atoms with Crippen LogP contribution >= 0.6 is 12.4 Å². The van der Waals surface area contributed by atoms with Gasteiger partial charge in [-0.1, -0.05) is 13.8 Å². The molecule has 22 heavy (non-hydrogen) atoms. The number of carbonyl (C=O) groups is 1. The van der Waals surface area contributed by atoms with Crippen LogP contribution in [0.5, 0.6) is 0 Å². The lowest BCUT2D eigenvalue weighted by Gasteiger charge is -2.35. The lowest BCUT2D eigenvalue weighted by atomic mass is 10.2. The third-order valence-corrected chi connectivity index (χ3v) is 3.66. The summed E-state index contributed by atoms with van der Waals surface area (Å²) in [7, 11) is 1.80. The van der Waals surface area contributed by atoms with Crippen molar-refractivity contribution in [3.63, 3.8) is 0 Å². The van der Waals surface area contributed by atoms with Gasteiger partial charge in [-0.15, -0.1) is 12.4 Å². The summed E-state index contributed by atoms with van der Waals surface area (Å²) in [5, 5.41) is 2.91. The third-order valence-electron chi connectivity index (χ3n) is 3.66. The summed E-state index contributed by atoms with van der Waals surface area (Å²) in [6, 6.07) is 2.02. The number of amides is 1. The maximum Gasteiger partial charge on any atom is 0.236 e. The Kier molecular flexibility index (Phi) is 7.03. The van der Waals surface area contributed by atoms with Gasteiger partial charge in [-0.2, -0.15) is 0 Å². The second-order valence-corrected chi connectivity index (χ2v) is 5.78. The Bertz CT molecular complexity index is 501. The number of anilines is 1. The Hall–Kier alpha value is -1.40. The van der Waals surface area contributed by atoms with Gasteiger partial charge in [0.05, 0.1) is 6.54 Å². The second-order valence-electron chi connectivity index (χ2n) is 5.78. The number of aryl methyl sites for hydroxylation is 1. The van der Waals surface area contributed by atoms with E-state index in [0.717, 1.165) is 43.5 Å². The molecular formula is C15H26ClN5O. The van der Waals surface area contributed by atoms with E-state index in [1.807, 2.05) is 17.9 Å². The number of carbonyl (C=O) groups excluding carboxylic acids is 1. The minimum atomic E-state index is 0. The highest BCUT2D eigenvalue weighted by molar-refractivity contribution is 5.85. The first-order valence-corrected chi connectivity index (χ1v) is 7.54. The van der Waals surface area contributed by atoms with Crippen LogP contribution in [0.3, 0.4) is 0 Å². The fraction of sp³-hybridized carbons (Fsp3) is 0.667. The number of hydrogen-bond acceptors (Lipinski definition) is 5. The number of halogens is 1. The van der Waals surface area contributed by atoms with Crippen LogP contribution < -0.4 is 10.2 Å². The van der Waals surface area contributed by atoms with Crippen molar-refractivity contribution in [3.8, 4) is 0 Å². The highest BCUT2D eigenvalue weighted by Gasteiger charge is 2.22. The fourth-order valence-corrected chi connectivity index (χ4v) is 2.44. The molecule has 124 valence electrons. The number of aromatic nitrogens is 2. The van der Waals surface area contributed by atoms with Crippen LogP contribution in [-0.4, -0.2) is 60.5 Å². The maximum atomic E-state index is 11.9. The Morgan fingerprint density at radius 2 is 1.91 bits per heavy atom. The largest absolute Gasteiger partial charge is 0.353 e. The molecule has 1 fully saturated rings. The molecule has 0 bridgehead atoms. The maximum absolute atomic E-state index is 11.9. The molecular weight excluding hydrogens is 302 g/mol. The summed E-state index contributed by atoms with van der Waals surface area (Å²) in [5.74, 6) is 2.35. The van der Waals surface area contributed by atoms with Gasteiger partial charge in [0.15, 0.2) is 0 Å². The third kappa shape index (κ3) is 4.55. The summed E-state index contributed by atoms with van der Waals surface area (Å²) in [6.45, 7) is 9.77. The van der Waals surface area contributed by atoms with E-state index in [0.29, 0.717) is 12.5 Å². The molecule has 1 aliphatic rings. The lowest BCUT2D eigenvalue weighted by Crippen LogP contribution is -2.50. The molecule has 1 aliphatic heterocycles. The van der Waals surface area contributed by atoms with E-state index in [4.69, 9.17) is 0 Å². The predicted molar refractivity (Wildman–Crippen MR) is 90.8 cm³/mol. The lowest BCUT2D eigenvalue weighted by molar-refractivity contribution is -0.130. The van der Waals surface area contributed by atoms with Crippen molar-refractivity contribution in [1.82, 2.24) is 20.2 Å². The molecule has 0 atom stereocenters. The molecule has 0 spiro atoms. The van der Waals surface area contributed by atoms with Crippen LogP contribution in [0.15, 0.2) is 6.07 Å². The number of hydrogen-bond donors (Lipinski definition) is 1. The van der Waals surface area contributed by atoms with Crippen molar-refractivity contribution >= 4 is 24.1 Å². The zero-order valence-corrected chi connectivity index (χ0v) is 14.6. The van der Waals surface area contributed by atoms with Crippen LogP contribution in [0.2, 0.25) is 0 Å². The van der Waals surface area contributed by atoms with E-state index in [1.54, 1.807) is 7.05 Å². The Morgan fingerprint density at radius 1 is 1.27 bits per heavy atom. The first kappa shape index (κ1) is 18.6. The van der Waals surface area contributed by atoms with Crippen molar-refractivity contribution in [2.75, 3.05) is 44.7 Å². The van der Waals surface area contributed by atoms with E-state index in [1.165, 1.54) is 0 Å². The normalized spacial score (nSPS) is 15.0. The van der Waals surface area contributed by atoms with Gasteiger partial charge in [0, 0.05) is 43.9 Å². The van der Waals surface area contributed by atoms with Gasteiger partial charge in [0.2, 0.25) is 5.91 Å². The zero-order chi connectivity index (χ0) is 15.4. The van der Waals surface area contributed by atoms with Gasteiger partial charge in [-0.25, -0.2) is 9.97 Å². The Morgan fingerprint density at radius 3 is 2.45 bits per heavy atom. The first-order chi connectivity index (χ1) is 10.0. The summed E-state index contributed by atoms with van der Waals surface area (Å²) in [6.07, 6.45) is 0. The fourth-order valence-electron chi connectivity index (χ4n) is 2.44. The molecule has 7 heteroatoms. The average Bonchev–Trinajstić information content (AvgIpc) is 2.47. The van der Waals surface area contributed by atoms with Gasteiger partial charge in [-0.3, -0.25) is 4.79 Å². The van der Waals surface area contributed by atoms with Gasteiger partial charge < -0.3 is 15.1 Å². The van der Waals surface area contributed by atoms with Crippen LogP contribution in [0, 0.1) is 6.92 Å². The smallest absolute Gasteiger partial charge is 0.236 e. The Balaban J connectivity index is 0.00000242. The molecule has 0 unspecified atom stereocenters. The molecule has 1 aromatic heterocycles. The number of nitrogens with zero attached hydrogens (tertiary/aromatic N) is 4. The van der Waals surface area contributed by atoms with Crippen LogP contribution in [0.25, 0.3) is 0 Å².